The normalized spacial score (nSPS) is 11.6. The fourth-order valence-electron chi connectivity index (χ4n) is 1.36. The first-order valence-electron chi connectivity index (χ1n) is 4.91. The Morgan fingerprint density at radius 3 is 2.50 bits per heavy atom. The minimum absolute atomic E-state index is 0.00306. The summed E-state index contributed by atoms with van der Waals surface area (Å²) in [5, 5.41) is 0.273. The molecule has 0 amide bonds. The molecular weight excluding hydrogens is 269 g/mol. The zero-order valence-corrected chi connectivity index (χ0v) is 9.96. The van der Waals surface area contributed by atoms with Crippen LogP contribution < -0.4 is 4.74 Å². The second kappa shape index (κ2) is 4.53. The lowest BCUT2D eigenvalue weighted by Gasteiger charge is -2.12. The second-order valence-corrected chi connectivity index (χ2v) is 3.91. The van der Waals surface area contributed by atoms with Gasteiger partial charge >= 0.3 is 12.2 Å². The lowest BCUT2D eigenvalue weighted by atomic mass is 10.2. The average Bonchev–Trinajstić information content (AvgIpc) is 2.60. The predicted molar refractivity (Wildman–Crippen MR) is 59.7 cm³/mol. The van der Waals surface area contributed by atoms with Crippen molar-refractivity contribution >= 4 is 11.6 Å². The van der Waals surface area contributed by atoms with Crippen molar-refractivity contribution in [1.29, 1.82) is 0 Å². The third-order valence-electron chi connectivity index (χ3n) is 2.28. The van der Waals surface area contributed by atoms with E-state index < -0.39 is 11.7 Å². The van der Waals surface area contributed by atoms with E-state index >= 15 is 0 Å². The van der Waals surface area contributed by atoms with Gasteiger partial charge in [0.25, 0.3) is 0 Å². The largest absolute Gasteiger partial charge is 0.425 e. The predicted octanol–water partition coefficient (Wildman–Crippen LogP) is 3.88. The number of para-hydroxylation sites is 1. The van der Waals surface area contributed by atoms with E-state index in [1.165, 1.54) is 29.0 Å². The van der Waals surface area contributed by atoms with Crippen LogP contribution in [0.25, 0.3) is 0 Å². The maximum Gasteiger partial charge on any atom is 0.419 e. The third kappa shape index (κ3) is 2.43. The van der Waals surface area contributed by atoms with Crippen LogP contribution in [0, 0.1) is 0 Å². The molecule has 0 unspecified atom stereocenters. The SMILES string of the molecule is Cn1c(Cl)cnc1Oc1ccccc1C(F)(F)F. The topological polar surface area (TPSA) is 27.1 Å². The first-order valence-corrected chi connectivity index (χ1v) is 5.28. The zero-order chi connectivity index (χ0) is 13.3. The summed E-state index contributed by atoms with van der Waals surface area (Å²) in [6.45, 7) is 0. The Kier molecular flexibility index (Phi) is 3.21. The number of benzene rings is 1. The molecule has 96 valence electrons. The molecule has 1 heterocycles. The van der Waals surface area contributed by atoms with Crippen molar-refractivity contribution in [1.82, 2.24) is 9.55 Å². The number of hydrogen-bond acceptors (Lipinski definition) is 2. The van der Waals surface area contributed by atoms with Crippen LogP contribution in [0.15, 0.2) is 30.5 Å². The molecule has 2 rings (SSSR count). The summed E-state index contributed by atoms with van der Waals surface area (Å²) in [5.41, 5.74) is -0.857. The van der Waals surface area contributed by atoms with Gasteiger partial charge in [0.2, 0.25) is 0 Å². The van der Waals surface area contributed by atoms with Gasteiger partial charge in [-0.15, -0.1) is 0 Å². The number of hydrogen-bond donors (Lipinski definition) is 0. The van der Waals surface area contributed by atoms with Crippen LogP contribution in [0.5, 0.6) is 11.8 Å². The molecule has 7 heteroatoms. The Hall–Kier alpha value is -1.69. The third-order valence-corrected chi connectivity index (χ3v) is 2.63. The van der Waals surface area contributed by atoms with Gasteiger partial charge in [0.05, 0.1) is 11.8 Å². The molecule has 0 saturated carbocycles. The minimum atomic E-state index is -4.48. The molecule has 0 aliphatic heterocycles. The summed E-state index contributed by atoms with van der Waals surface area (Å²) in [7, 11) is 1.54. The number of ether oxygens (including phenoxy) is 1. The Morgan fingerprint density at radius 1 is 1.28 bits per heavy atom. The highest BCUT2D eigenvalue weighted by Crippen LogP contribution is 2.37. The zero-order valence-electron chi connectivity index (χ0n) is 9.20. The number of alkyl halides is 3. The summed E-state index contributed by atoms with van der Waals surface area (Å²) in [6, 6.07) is 4.92. The molecule has 0 spiro atoms. The lowest BCUT2D eigenvalue weighted by molar-refractivity contribution is -0.138. The van der Waals surface area contributed by atoms with Gasteiger partial charge in [-0.1, -0.05) is 23.7 Å². The highest BCUT2D eigenvalue weighted by molar-refractivity contribution is 6.29. The summed E-state index contributed by atoms with van der Waals surface area (Å²) >= 11 is 5.72. The van der Waals surface area contributed by atoms with Gasteiger partial charge in [-0.25, -0.2) is 4.98 Å². The first-order chi connectivity index (χ1) is 8.39. The summed E-state index contributed by atoms with van der Waals surface area (Å²) in [6.07, 6.45) is -3.18. The molecule has 0 aliphatic rings. The van der Waals surface area contributed by atoms with E-state index in [2.05, 4.69) is 4.98 Å². The van der Waals surface area contributed by atoms with E-state index in [0.29, 0.717) is 0 Å². The van der Waals surface area contributed by atoms with E-state index in [1.807, 2.05) is 0 Å². The van der Waals surface area contributed by atoms with E-state index in [4.69, 9.17) is 16.3 Å². The molecule has 0 radical (unpaired) electrons. The van der Waals surface area contributed by atoms with Crippen molar-refractivity contribution < 1.29 is 17.9 Å². The van der Waals surface area contributed by atoms with E-state index in [-0.39, 0.29) is 16.9 Å². The molecule has 1 aromatic heterocycles. The smallest absolute Gasteiger partial charge is 0.419 e. The molecule has 2 aromatic rings. The molecule has 0 fully saturated rings. The quantitative estimate of drug-likeness (QED) is 0.832. The molecule has 1 aromatic carbocycles. The van der Waals surface area contributed by atoms with Gasteiger partial charge in [0.15, 0.2) is 0 Å². The van der Waals surface area contributed by atoms with Crippen LogP contribution in [0.4, 0.5) is 13.2 Å². The number of halogens is 4. The molecule has 0 aliphatic carbocycles. The van der Waals surface area contributed by atoms with Crippen LogP contribution in [0.1, 0.15) is 5.56 Å². The monoisotopic (exact) mass is 276 g/mol. The fourth-order valence-corrected chi connectivity index (χ4v) is 1.48. The van der Waals surface area contributed by atoms with Crippen LogP contribution in [-0.2, 0) is 13.2 Å². The Morgan fingerprint density at radius 2 is 1.94 bits per heavy atom. The Bertz CT molecular complexity index is 566. The van der Waals surface area contributed by atoms with Gasteiger partial charge in [0.1, 0.15) is 10.9 Å². The standard InChI is InChI=1S/C11H8ClF3N2O/c1-17-9(12)6-16-10(17)18-8-5-3-2-4-7(8)11(13,14)15/h2-6H,1H3. The van der Waals surface area contributed by atoms with Gasteiger partial charge in [-0.05, 0) is 12.1 Å². The lowest BCUT2D eigenvalue weighted by Crippen LogP contribution is -2.07. The number of nitrogens with zero attached hydrogens (tertiary/aromatic N) is 2. The molecule has 0 atom stereocenters. The van der Waals surface area contributed by atoms with Crippen molar-refractivity contribution in [2.75, 3.05) is 0 Å². The Labute approximate surface area is 106 Å². The average molecular weight is 277 g/mol. The van der Waals surface area contributed by atoms with Gasteiger partial charge in [-0.2, -0.15) is 13.2 Å². The van der Waals surface area contributed by atoms with Crippen molar-refractivity contribution in [2.45, 2.75) is 6.18 Å². The molecule has 3 nitrogen and oxygen atoms in total. The minimum Gasteiger partial charge on any atom is -0.425 e. The highest BCUT2D eigenvalue weighted by atomic mass is 35.5. The van der Waals surface area contributed by atoms with Crippen molar-refractivity contribution in [2.24, 2.45) is 7.05 Å². The fraction of sp³-hybridized carbons (Fsp3) is 0.182. The van der Waals surface area contributed by atoms with Gasteiger partial charge in [0, 0.05) is 7.05 Å². The maximum atomic E-state index is 12.7. The molecule has 0 saturated heterocycles. The number of rotatable bonds is 2. The summed E-state index contributed by atoms with van der Waals surface area (Å²) < 4.78 is 44.6. The van der Waals surface area contributed by atoms with Crippen molar-refractivity contribution in [3.63, 3.8) is 0 Å². The maximum absolute atomic E-state index is 12.7. The Balaban J connectivity index is 2.38. The van der Waals surface area contributed by atoms with Crippen LogP contribution in [-0.4, -0.2) is 9.55 Å². The summed E-state index contributed by atoms with van der Waals surface area (Å²) in [5.74, 6) is -0.310. The van der Waals surface area contributed by atoms with Crippen molar-refractivity contribution in [3.05, 3.63) is 41.2 Å². The molecular formula is C11H8ClF3N2O. The van der Waals surface area contributed by atoms with Crippen molar-refractivity contribution in [3.8, 4) is 11.8 Å². The molecule has 0 N–H and O–H groups in total. The van der Waals surface area contributed by atoms with E-state index in [9.17, 15) is 13.2 Å². The second-order valence-electron chi connectivity index (χ2n) is 3.52. The highest BCUT2D eigenvalue weighted by Gasteiger charge is 2.34. The summed E-state index contributed by atoms with van der Waals surface area (Å²) in [4.78, 5) is 3.78. The van der Waals surface area contributed by atoms with E-state index in [1.54, 1.807) is 7.05 Å². The van der Waals surface area contributed by atoms with Crippen LogP contribution in [0.2, 0.25) is 5.15 Å². The van der Waals surface area contributed by atoms with Gasteiger partial charge < -0.3 is 4.74 Å². The van der Waals surface area contributed by atoms with E-state index in [0.717, 1.165) is 6.07 Å². The first kappa shape index (κ1) is 12.8. The molecule has 18 heavy (non-hydrogen) atoms. The van der Waals surface area contributed by atoms with Gasteiger partial charge in [-0.3, -0.25) is 4.57 Å². The van der Waals surface area contributed by atoms with Crippen LogP contribution >= 0.6 is 11.6 Å². The van der Waals surface area contributed by atoms with Crippen LogP contribution in [0.3, 0.4) is 0 Å². The number of aromatic nitrogens is 2. The molecule has 0 bridgehead atoms. The number of imidazole rings is 1.